The molecule has 2 aromatic carbocycles. The second kappa shape index (κ2) is 12.7. The number of ether oxygens (including phenoxy) is 3. The van der Waals surface area contributed by atoms with Crippen molar-refractivity contribution in [1.29, 1.82) is 0 Å². The zero-order valence-electron chi connectivity index (χ0n) is 26.6. The van der Waals surface area contributed by atoms with Gasteiger partial charge in [0.15, 0.2) is 5.82 Å². The lowest BCUT2D eigenvalue weighted by Crippen LogP contribution is -2.53. The van der Waals surface area contributed by atoms with Gasteiger partial charge in [0.2, 0.25) is 5.88 Å². The first-order chi connectivity index (χ1) is 22.9. The molecule has 246 valence electrons. The van der Waals surface area contributed by atoms with Crippen LogP contribution in [0.3, 0.4) is 0 Å². The Hall–Kier alpha value is -4.31. The van der Waals surface area contributed by atoms with Crippen molar-refractivity contribution in [1.82, 2.24) is 25.2 Å². The van der Waals surface area contributed by atoms with E-state index < -0.39 is 11.6 Å². The van der Waals surface area contributed by atoms with E-state index in [1.54, 1.807) is 0 Å². The van der Waals surface area contributed by atoms with Crippen LogP contribution in [0.4, 0.5) is 14.6 Å². The van der Waals surface area contributed by atoms with E-state index in [0.717, 1.165) is 52.2 Å². The average molecular weight is 645 g/mol. The number of nitrogens with one attached hydrogen (secondary N) is 1. The molecule has 4 aliphatic rings. The van der Waals surface area contributed by atoms with Gasteiger partial charge in [-0.25, -0.2) is 13.8 Å². The zero-order valence-corrected chi connectivity index (χ0v) is 26.6. The molecular weight excluding hydrogens is 606 g/mol. The van der Waals surface area contributed by atoms with Crippen molar-refractivity contribution < 1.29 is 28.1 Å². The number of hydrogen-bond donors (Lipinski definition) is 2. The molecule has 0 spiro atoms. The Bertz CT molecular complexity index is 1870. The topological polar surface area (TPSA) is 105 Å². The van der Waals surface area contributed by atoms with Crippen LogP contribution in [0.1, 0.15) is 32.3 Å². The van der Waals surface area contributed by atoms with Crippen LogP contribution in [0, 0.1) is 29.4 Å². The van der Waals surface area contributed by atoms with Gasteiger partial charge < -0.3 is 29.5 Å². The molecule has 0 unspecified atom stereocenters. The first kappa shape index (κ1) is 31.3. The van der Waals surface area contributed by atoms with E-state index in [2.05, 4.69) is 31.0 Å². The highest BCUT2D eigenvalue weighted by atomic mass is 19.1. The number of aromatic nitrogens is 3. The van der Waals surface area contributed by atoms with Crippen molar-refractivity contribution in [2.45, 2.75) is 32.7 Å². The number of fused-ring (bicyclic) bond motifs is 3. The highest BCUT2D eigenvalue weighted by molar-refractivity contribution is 6.04. The van der Waals surface area contributed by atoms with Crippen molar-refractivity contribution in [3.63, 3.8) is 0 Å². The molecule has 2 saturated heterocycles. The summed E-state index contributed by atoms with van der Waals surface area (Å²) >= 11 is 0. The lowest BCUT2D eigenvalue weighted by Gasteiger charge is -2.35. The molecule has 5 heterocycles. The van der Waals surface area contributed by atoms with Gasteiger partial charge in [-0.15, -0.1) is 6.42 Å². The number of nitrogens with zero attached hydrogens (tertiary/aromatic N) is 5. The summed E-state index contributed by atoms with van der Waals surface area (Å²) in [6.07, 6.45) is 7.77. The molecule has 3 fully saturated rings. The van der Waals surface area contributed by atoms with Gasteiger partial charge in [0.1, 0.15) is 40.6 Å². The standard InChI is InChI=1S/C33H32F2N6O4.C2H6/c1-2-22-24(34)4-3-19-13-21(42)14-23(25(19)22)28-27(35)29-26-30(41-8-7-36-15-20(41)16-44-31(26)37-28)39-32(38-29)45-18-33(5-6-33)17-40-9-11-43-12-10-40;1-2/h1,3-4,13-14,20,36,42H,5-12,15-18H2;1-2H3/t20-;/m0./s1. The number of phenolic OH excluding ortho intramolecular Hbond substituents is 1. The van der Waals surface area contributed by atoms with Gasteiger partial charge in [0.05, 0.1) is 31.4 Å². The van der Waals surface area contributed by atoms with E-state index in [1.165, 1.54) is 24.3 Å². The third kappa shape index (κ3) is 5.77. The van der Waals surface area contributed by atoms with Crippen molar-refractivity contribution in [2.24, 2.45) is 5.41 Å². The van der Waals surface area contributed by atoms with Crippen LogP contribution < -0.4 is 19.7 Å². The molecule has 1 aliphatic carbocycles. The van der Waals surface area contributed by atoms with Gasteiger partial charge in [-0.1, -0.05) is 25.8 Å². The summed E-state index contributed by atoms with van der Waals surface area (Å²) in [6.45, 7) is 10.8. The molecule has 47 heavy (non-hydrogen) atoms. The van der Waals surface area contributed by atoms with Crippen molar-refractivity contribution in [3.05, 3.63) is 41.5 Å². The first-order valence-electron chi connectivity index (χ1n) is 16.3. The van der Waals surface area contributed by atoms with E-state index in [9.17, 15) is 9.50 Å². The number of aromatic hydroxyl groups is 1. The van der Waals surface area contributed by atoms with Crippen molar-refractivity contribution in [2.75, 3.05) is 70.6 Å². The molecule has 12 heteroatoms. The van der Waals surface area contributed by atoms with E-state index >= 15 is 4.39 Å². The summed E-state index contributed by atoms with van der Waals surface area (Å²) in [5.41, 5.74) is -0.123. The quantitative estimate of drug-likeness (QED) is 0.292. The first-order valence-corrected chi connectivity index (χ1v) is 16.3. The summed E-state index contributed by atoms with van der Waals surface area (Å²) < 4.78 is 49.7. The number of piperazine rings is 1. The second-order valence-corrected chi connectivity index (χ2v) is 12.3. The van der Waals surface area contributed by atoms with Gasteiger partial charge in [-0.05, 0) is 36.4 Å². The van der Waals surface area contributed by atoms with E-state index in [-0.39, 0.29) is 63.4 Å². The molecule has 2 aromatic heterocycles. The fourth-order valence-electron chi connectivity index (χ4n) is 6.75. The maximum absolute atomic E-state index is 16.9. The monoisotopic (exact) mass is 644 g/mol. The number of hydrogen-bond acceptors (Lipinski definition) is 10. The predicted molar refractivity (Wildman–Crippen MR) is 175 cm³/mol. The molecule has 0 amide bonds. The Morgan fingerprint density at radius 3 is 2.68 bits per heavy atom. The Kier molecular flexibility index (Phi) is 8.46. The molecular formula is C35H38F2N6O4. The predicted octanol–water partition coefficient (Wildman–Crippen LogP) is 4.50. The highest BCUT2D eigenvalue weighted by Crippen LogP contribution is 2.47. The van der Waals surface area contributed by atoms with E-state index in [0.29, 0.717) is 36.3 Å². The highest BCUT2D eigenvalue weighted by Gasteiger charge is 2.45. The number of terminal acetylenes is 1. The fourth-order valence-corrected chi connectivity index (χ4v) is 6.75. The van der Waals surface area contributed by atoms with Crippen LogP contribution in [-0.4, -0.2) is 96.7 Å². The summed E-state index contributed by atoms with van der Waals surface area (Å²) in [6, 6.07) is 5.49. The SMILES string of the molecule is C#Cc1c(F)ccc2cc(O)cc(-c3nc4c5c(nc(OCC6(CN7CCOCC7)CC6)nc5c3F)N3CCNC[C@H]3CO4)c12.CC. The van der Waals surface area contributed by atoms with Gasteiger partial charge in [-0.2, -0.15) is 9.97 Å². The maximum Gasteiger partial charge on any atom is 0.319 e. The normalized spacial score (nSPS) is 20.0. The lowest BCUT2D eigenvalue weighted by molar-refractivity contribution is 0.0231. The van der Waals surface area contributed by atoms with Gasteiger partial charge in [-0.3, -0.25) is 4.90 Å². The third-order valence-corrected chi connectivity index (χ3v) is 9.33. The summed E-state index contributed by atoms with van der Waals surface area (Å²) in [4.78, 5) is 18.5. The van der Waals surface area contributed by atoms with E-state index in [4.69, 9.17) is 25.6 Å². The Morgan fingerprint density at radius 1 is 1.11 bits per heavy atom. The molecule has 10 nitrogen and oxygen atoms in total. The Balaban J connectivity index is 0.00000172. The molecule has 2 N–H and O–H groups in total. The molecule has 0 bridgehead atoms. The maximum atomic E-state index is 16.9. The number of anilines is 1. The second-order valence-electron chi connectivity index (χ2n) is 12.3. The number of pyridine rings is 1. The van der Waals surface area contributed by atoms with Crippen LogP contribution in [-0.2, 0) is 4.74 Å². The molecule has 1 saturated carbocycles. The minimum absolute atomic E-state index is 0.00619. The molecule has 1 atom stereocenters. The number of rotatable bonds is 6. The Morgan fingerprint density at radius 2 is 1.91 bits per heavy atom. The summed E-state index contributed by atoms with van der Waals surface area (Å²) in [7, 11) is 0. The largest absolute Gasteiger partial charge is 0.508 e. The third-order valence-electron chi connectivity index (χ3n) is 9.33. The molecule has 4 aromatic rings. The zero-order chi connectivity index (χ0) is 32.7. The lowest BCUT2D eigenvalue weighted by atomic mass is 9.95. The van der Waals surface area contributed by atoms with Crippen LogP contribution in [0.15, 0.2) is 24.3 Å². The number of morpholine rings is 1. The van der Waals surface area contributed by atoms with Gasteiger partial charge in [0, 0.05) is 55.6 Å². The average Bonchev–Trinajstić information content (AvgIpc) is 3.89. The molecule has 0 radical (unpaired) electrons. The van der Waals surface area contributed by atoms with Crippen molar-refractivity contribution in [3.8, 4) is 41.2 Å². The summed E-state index contributed by atoms with van der Waals surface area (Å²) in [5, 5.41) is 15.0. The number of benzene rings is 2. The van der Waals surface area contributed by atoms with Crippen LogP contribution in [0.25, 0.3) is 32.9 Å². The molecule has 8 rings (SSSR count). The van der Waals surface area contributed by atoms with Gasteiger partial charge >= 0.3 is 6.01 Å². The van der Waals surface area contributed by atoms with Crippen LogP contribution in [0.5, 0.6) is 17.6 Å². The van der Waals surface area contributed by atoms with Crippen LogP contribution >= 0.6 is 0 Å². The fraction of sp³-hybridized carbons (Fsp3) is 0.457. The Labute approximate surface area is 272 Å². The summed E-state index contributed by atoms with van der Waals surface area (Å²) in [5.74, 6) is 1.48. The molecule has 3 aliphatic heterocycles. The smallest absolute Gasteiger partial charge is 0.319 e. The minimum Gasteiger partial charge on any atom is -0.508 e. The number of halogens is 2. The van der Waals surface area contributed by atoms with Crippen LogP contribution in [0.2, 0.25) is 0 Å². The minimum atomic E-state index is -0.770. The van der Waals surface area contributed by atoms with Crippen molar-refractivity contribution >= 4 is 27.5 Å². The van der Waals surface area contributed by atoms with Gasteiger partial charge in [0.25, 0.3) is 0 Å². The number of phenols is 1. The van der Waals surface area contributed by atoms with E-state index in [1.807, 2.05) is 13.8 Å².